The van der Waals surface area contributed by atoms with E-state index in [1.807, 2.05) is 0 Å². The van der Waals surface area contributed by atoms with Crippen molar-refractivity contribution < 1.29 is 48.1 Å². The van der Waals surface area contributed by atoms with Gasteiger partial charge < -0.3 is 45.9 Å². The molecule has 1 aromatic carbocycles. The van der Waals surface area contributed by atoms with Crippen LogP contribution in [0.5, 0.6) is 0 Å². The number of ether oxygens (including phenoxy) is 3. The summed E-state index contributed by atoms with van der Waals surface area (Å²) in [6.45, 7) is 4.99. The third kappa shape index (κ3) is 18.9. The van der Waals surface area contributed by atoms with Crippen LogP contribution in [0.25, 0.3) is 0 Å². The number of aliphatic carboxylic acids is 1. The lowest BCUT2D eigenvalue weighted by Crippen LogP contribution is -2.51. The number of rotatable bonds is 19. The Balaban J connectivity index is 2.20. The van der Waals surface area contributed by atoms with E-state index >= 15 is 0 Å². The maximum atomic E-state index is 12.4. The summed E-state index contributed by atoms with van der Waals surface area (Å²) in [5, 5.41) is 20.8. The molecule has 1 aromatic rings. The van der Waals surface area contributed by atoms with Crippen molar-refractivity contribution in [3.8, 4) is 0 Å². The Morgan fingerprint density at radius 2 is 1.38 bits per heavy atom. The van der Waals surface area contributed by atoms with Crippen molar-refractivity contribution in [1.82, 2.24) is 26.6 Å². The van der Waals surface area contributed by atoms with Gasteiger partial charge in [0.2, 0.25) is 23.6 Å². The zero-order valence-corrected chi connectivity index (χ0v) is 24.2. The topological polar surface area (TPSA) is 210 Å². The van der Waals surface area contributed by atoms with Crippen LogP contribution < -0.4 is 26.6 Å². The molecule has 0 aliphatic heterocycles. The van der Waals surface area contributed by atoms with Gasteiger partial charge in [-0.25, -0.2) is 4.79 Å². The fourth-order valence-electron chi connectivity index (χ4n) is 3.13. The highest BCUT2D eigenvalue weighted by Gasteiger charge is 2.22. The van der Waals surface area contributed by atoms with Gasteiger partial charge in [-0.05, 0) is 26.3 Å². The van der Waals surface area contributed by atoms with E-state index in [4.69, 9.17) is 19.3 Å². The molecule has 0 bridgehead atoms. The van der Waals surface area contributed by atoms with Crippen LogP contribution in [-0.2, 0) is 44.6 Å². The molecular formula is C27H41N5O10. The maximum absolute atomic E-state index is 12.4. The molecule has 0 radical (unpaired) electrons. The highest BCUT2D eigenvalue weighted by molar-refractivity contribution is 5.92. The molecule has 0 heterocycles. The van der Waals surface area contributed by atoms with E-state index in [0.29, 0.717) is 0 Å². The van der Waals surface area contributed by atoms with Crippen molar-refractivity contribution in [2.24, 2.45) is 0 Å². The van der Waals surface area contributed by atoms with Crippen LogP contribution in [-0.4, -0.2) is 105 Å². The number of carbonyl (C=O) groups excluding carboxylic acids is 5. The highest BCUT2D eigenvalue weighted by Crippen LogP contribution is 2.06. The zero-order valence-electron chi connectivity index (χ0n) is 24.2. The minimum atomic E-state index is -1.23. The second-order valence-corrected chi connectivity index (χ2v) is 9.88. The van der Waals surface area contributed by atoms with Gasteiger partial charge in [0.15, 0.2) is 0 Å². The number of amides is 5. The molecule has 5 amide bonds. The van der Waals surface area contributed by atoms with Crippen molar-refractivity contribution in [3.63, 3.8) is 0 Å². The van der Waals surface area contributed by atoms with Gasteiger partial charge in [0.05, 0.1) is 39.5 Å². The molecule has 42 heavy (non-hydrogen) atoms. The second-order valence-electron chi connectivity index (χ2n) is 9.88. The Morgan fingerprint density at radius 3 is 2.02 bits per heavy atom. The second kappa shape index (κ2) is 19.8. The summed E-state index contributed by atoms with van der Waals surface area (Å²) in [4.78, 5) is 70.9. The molecule has 0 fully saturated rings. The predicted octanol–water partition coefficient (Wildman–Crippen LogP) is -0.905. The lowest BCUT2D eigenvalue weighted by molar-refractivity contribution is -0.138. The van der Waals surface area contributed by atoms with Gasteiger partial charge in [-0.15, -0.1) is 0 Å². The van der Waals surface area contributed by atoms with Crippen molar-refractivity contribution in [3.05, 3.63) is 35.9 Å². The van der Waals surface area contributed by atoms with E-state index in [2.05, 4.69) is 26.6 Å². The number of benzene rings is 1. The zero-order chi connectivity index (χ0) is 31.4. The summed E-state index contributed by atoms with van der Waals surface area (Å²) in [5.74, 6) is -3.64. The van der Waals surface area contributed by atoms with Gasteiger partial charge in [-0.3, -0.25) is 24.0 Å². The average molecular weight is 596 g/mol. The number of carboxylic acid groups (broad SMARTS) is 1. The summed E-state index contributed by atoms with van der Waals surface area (Å²) >= 11 is 0. The molecule has 0 aliphatic carbocycles. The number of alkyl carbamates (subject to hydrolysis) is 1. The third-order valence-corrected chi connectivity index (χ3v) is 5.00. The molecule has 0 saturated carbocycles. The first-order valence-electron chi connectivity index (χ1n) is 13.3. The van der Waals surface area contributed by atoms with Crippen LogP contribution in [0.3, 0.4) is 0 Å². The van der Waals surface area contributed by atoms with Gasteiger partial charge in [0.1, 0.15) is 18.2 Å². The normalized spacial score (nSPS) is 11.5. The van der Waals surface area contributed by atoms with E-state index in [1.165, 1.54) is 0 Å². The van der Waals surface area contributed by atoms with Crippen LogP contribution in [0.1, 0.15) is 32.8 Å². The Bertz CT molecular complexity index is 1030. The molecule has 15 heteroatoms. The Hall–Kier alpha value is -4.24. The molecule has 0 unspecified atom stereocenters. The highest BCUT2D eigenvalue weighted by atomic mass is 16.6. The van der Waals surface area contributed by atoms with Gasteiger partial charge >= 0.3 is 12.1 Å². The summed E-state index contributed by atoms with van der Waals surface area (Å²) in [5.41, 5.74) is 0.162. The summed E-state index contributed by atoms with van der Waals surface area (Å²) in [7, 11) is 0. The van der Waals surface area contributed by atoms with Crippen LogP contribution in [0.15, 0.2) is 30.3 Å². The van der Waals surface area contributed by atoms with E-state index in [1.54, 1.807) is 51.1 Å². The molecule has 15 nitrogen and oxygen atoms in total. The quantitative estimate of drug-likeness (QED) is 0.108. The Morgan fingerprint density at radius 1 is 0.762 bits per heavy atom. The van der Waals surface area contributed by atoms with Gasteiger partial charge in [0.25, 0.3) is 0 Å². The van der Waals surface area contributed by atoms with Crippen LogP contribution in [0.2, 0.25) is 0 Å². The number of carbonyl (C=O) groups is 6. The van der Waals surface area contributed by atoms with Gasteiger partial charge in [-0.1, -0.05) is 30.3 Å². The van der Waals surface area contributed by atoms with Crippen LogP contribution in [0.4, 0.5) is 4.79 Å². The molecule has 1 rings (SSSR count). The lowest BCUT2D eigenvalue weighted by atomic mass is 10.1. The third-order valence-electron chi connectivity index (χ3n) is 5.00. The van der Waals surface area contributed by atoms with Gasteiger partial charge in [0, 0.05) is 19.4 Å². The molecule has 234 valence electrons. The standard InChI is InChI=1S/C27H41N5O10/c1-27(2,3)42-26(39)28-10-12-41-14-13-40-11-9-21(33)29-16-22(34)30-17-23(35)32-20(25(38)31-18-24(36)37)15-19-7-5-4-6-8-19/h4-8,20H,9-18H2,1-3H3,(H,28,39)(H,29,33)(H,30,34)(H,31,38)(H,32,35)(H,36,37)/t20-/m0/s1. The van der Waals surface area contributed by atoms with Crippen molar-refractivity contribution in [2.45, 2.75) is 45.3 Å². The first-order valence-corrected chi connectivity index (χ1v) is 13.3. The Labute approximate surface area is 244 Å². The SMILES string of the molecule is CC(C)(C)OC(=O)NCCOCCOCCC(=O)NCC(=O)NCC(=O)N[C@@H](Cc1ccccc1)C(=O)NCC(=O)O. The summed E-state index contributed by atoms with van der Waals surface area (Å²) < 4.78 is 15.7. The van der Waals surface area contributed by atoms with Crippen molar-refractivity contribution in [2.75, 3.05) is 52.6 Å². The van der Waals surface area contributed by atoms with E-state index in [0.717, 1.165) is 5.56 Å². The Kier molecular flexibility index (Phi) is 16.8. The molecule has 0 aliphatic rings. The fourth-order valence-corrected chi connectivity index (χ4v) is 3.13. The minimum Gasteiger partial charge on any atom is -0.480 e. The maximum Gasteiger partial charge on any atom is 0.407 e. The minimum absolute atomic E-state index is 0.000581. The van der Waals surface area contributed by atoms with Gasteiger partial charge in [-0.2, -0.15) is 0 Å². The molecular weight excluding hydrogens is 554 g/mol. The number of carboxylic acids is 1. The molecule has 6 N–H and O–H groups in total. The molecule has 0 aromatic heterocycles. The monoisotopic (exact) mass is 595 g/mol. The molecule has 0 saturated heterocycles. The summed E-state index contributed by atoms with van der Waals surface area (Å²) in [6, 6.07) is 7.75. The summed E-state index contributed by atoms with van der Waals surface area (Å²) in [6.07, 6.45) is -0.418. The van der Waals surface area contributed by atoms with E-state index in [-0.39, 0.29) is 52.4 Å². The van der Waals surface area contributed by atoms with E-state index in [9.17, 15) is 28.8 Å². The van der Waals surface area contributed by atoms with Crippen molar-refractivity contribution >= 4 is 35.7 Å². The number of hydrogen-bond acceptors (Lipinski definition) is 9. The average Bonchev–Trinajstić information content (AvgIpc) is 2.92. The predicted molar refractivity (Wildman–Crippen MR) is 149 cm³/mol. The smallest absolute Gasteiger partial charge is 0.407 e. The van der Waals surface area contributed by atoms with Crippen LogP contribution >= 0.6 is 0 Å². The first kappa shape index (κ1) is 35.8. The van der Waals surface area contributed by atoms with Crippen molar-refractivity contribution in [1.29, 1.82) is 0 Å². The van der Waals surface area contributed by atoms with Crippen LogP contribution in [0, 0.1) is 0 Å². The molecule has 0 spiro atoms. The lowest BCUT2D eigenvalue weighted by Gasteiger charge is -2.19. The number of hydrogen-bond donors (Lipinski definition) is 6. The largest absolute Gasteiger partial charge is 0.480 e. The fraction of sp³-hybridized carbons (Fsp3) is 0.556. The first-order chi connectivity index (χ1) is 19.9. The number of nitrogens with one attached hydrogen (secondary N) is 5. The van der Waals surface area contributed by atoms with E-state index < -0.39 is 60.4 Å². The molecule has 1 atom stereocenters.